The highest BCUT2D eigenvalue weighted by Crippen LogP contribution is 2.35. The summed E-state index contributed by atoms with van der Waals surface area (Å²) in [4.78, 5) is 12.1. The first-order valence-electron chi connectivity index (χ1n) is 8.34. The fraction of sp³-hybridized carbons (Fsp3) is 0.250. The van der Waals surface area contributed by atoms with Crippen LogP contribution in [-0.4, -0.2) is 21.6 Å². The van der Waals surface area contributed by atoms with Crippen molar-refractivity contribution in [1.29, 1.82) is 5.26 Å². The highest BCUT2D eigenvalue weighted by Gasteiger charge is 2.21. The Balaban J connectivity index is 1.91. The number of aromatic nitrogens is 2. The van der Waals surface area contributed by atoms with E-state index in [9.17, 15) is 10.1 Å². The van der Waals surface area contributed by atoms with Crippen LogP contribution in [0.2, 0.25) is 0 Å². The molecule has 2 heterocycles. The van der Waals surface area contributed by atoms with E-state index in [4.69, 9.17) is 0 Å². The van der Waals surface area contributed by atoms with E-state index in [0.717, 1.165) is 33.3 Å². The molecule has 1 aromatic heterocycles. The van der Waals surface area contributed by atoms with Crippen LogP contribution in [0.15, 0.2) is 36.4 Å². The number of carbonyl (C=O) groups is 1. The predicted molar refractivity (Wildman–Crippen MR) is 97.3 cm³/mol. The Kier molecular flexibility index (Phi) is 3.54. The van der Waals surface area contributed by atoms with Crippen molar-refractivity contribution in [3.05, 3.63) is 47.7 Å². The molecule has 4 rings (SSSR count). The Morgan fingerprint density at radius 3 is 2.96 bits per heavy atom. The van der Waals surface area contributed by atoms with Crippen molar-refractivity contribution in [2.45, 2.75) is 25.8 Å². The summed E-state index contributed by atoms with van der Waals surface area (Å²) in [5, 5.41) is 17.9. The third kappa shape index (κ3) is 2.56. The Morgan fingerprint density at radius 1 is 1.32 bits per heavy atom. The number of anilines is 1. The molecular formula is C20H18N4O. The average molecular weight is 330 g/mol. The average Bonchev–Trinajstić information content (AvgIpc) is 2.82. The molecule has 25 heavy (non-hydrogen) atoms. The number of rotatable bonds is 1. The first-order valence-corrected chi connectivity index (χ1v) is 8.34. The highest BCUT2D eigenvalue weighted by molar-refractivity contribution is 5.93. The van der Waals surface area contributed by atoms with Gasteiger partial charge in [0.1, 0.15) is 11.9 Å². The van der Waals surface area contributed by atoms with Gasteiger partial charge in [0.15, 0.2) is 5.69 Å². The SMILES string of the molecule is C[C@@H]1CC(=O)Cc2cccc(-c3ccc4c(c3)c(C#N)nn4C)c2N1. The number of fused-ring (bicyclic) bond motifs is 2. The lowest BCUT2D eigenvalue weighted by Crippen LogP contribution is -2.17. The van der Waals surface area contributed by atoms with Crippen LogP contribution < -0.4 is 5.32 Å². The molecule has 1 N–H and O–H groups in total. The molecule has 0 radical (unpaired) electrons. The molecule has 0 saturated heterocycles. The van der Waals surface area contributed by atoms with Crippen molar-refractivity contribution in [3.63, 3.8) is 0 Å². The van der Waals surface area contributed by atoms with Crippen LogP contribution in [0.25, 0.3) is 22.0 Å². The minimum absolute atomic E-state index is 0.103. The summed E-state index contributed by atoms with van der Waals surface area (Å²) in [6.45, 7) is 2.03. The van der Waals surface area contributed by atoms with Gasteiger partial charge in [-0.05, 0) is 30.2 Å². The highest BCUT2D eigenvalue weighted by atomic mass is 16.1. The summed E-state index contributed by atoms with van der Waals surface area (Å²) in [6.07, 6.45) is 0.993. The van der Waals surface area contributed by atoms with Gasteiger partial charge >= 0.3 is 0 Å². The molecule has 1 atom stereocenters. The third-order valence-corrected chi connectivity index (χ3v) is 4.73. The first-order chi connectivity index (χ1) is 12.1. The van der Waals surface area contributed by atoms with Crippen molar-refractivity contribution >= 4 is 22.4 Å². The van der Waals surface area contributed by atoms with Crippen LogP contribution in [0.5, 0.6) is 0 Å². The number of carbonyl (C=O) groups excluding carboxylic acids is 1. The number of Topliss-reactive ketones (excluding diaryl/α,β-unsaturated/α-hetero) is 1. The monoisotopic (exact) mass is 330 g/mol. The zero-order chi connectivity index (χ0) is 17.6. The third-order valence-electron chi connectivity index (χ3n) is 4.73. The van der Waals surface area contributed by atoms with Gasteiger partial charge in [-0.2, -0.15) is 10.4 Å². The Morgan fingerprint density at radius 2 is 2.16 bits per heavy atom. The molecule has 5 heteroatoms. The number of ketones is 1. The van der Waals surface area contributed by atoms with Gasteiger partial charge in [-0.15, -0.1) is 0 Å². The predicted octanol–water partition coefficient (Wildman–Crippen LogP) is 3.43. The largest absolute Gasteiger partial charge is 0.381 e. The van der Waals surface area contributed by atoms with Crippen molar-refractivity contribution in [1.82, 2.24) is 9.78 Å². The summed E-state index contributed by atoms with van der Waals surface area (Å²) < 4.78 is 1.72. The van der Waals surface area contributed by atoms with Crippen LogP contribution in [0.3, 0.4) is 0 Å². The zero-order valence-corrected chi connectivity index (χ0v) is 14.2. The van der Waals surface area contributed by atoms with Gasteiger partial charge in [0.25, 0.3) is 0 Å². The van der Waals surface area contributed by atoms with Crippen molar-refractivity contribution < 1.29 is 4.79 Å². The molecule has 2 aromatic carbocycles. The van der Waals surface area contributed by atoms with Crippen LogP contribution in [0.4, 0.5) is 5.69 Å². The van der Waals surface area contributed by atoms with Gasteiger partial charge in [0.2, 0.25) is 0 Å². The summed E-state index contributed by atoms with van der Waals surface area (Å²) >= 11 is 0. The van der Waals surface area contributed by atoms with E-state index >= 15 is 0 Å². The van der Waals surface area contributed by atoms with E-state index in [0.29, 0.717) is 18.5 Å². The first kappa shape index (κ1) is 15.4. The molecule has 0 aliphatic carbocycles. The van der Waals surface area contributed by atoms with Crippen molar-refractivity contribution in [3.8, 4) is 17.2 Å². The zero-order valence-electron chi connectivity index (χ0n) is 14.2. The fourth-order valence-electron chi connectivity index (χ4n) is 3.60. The molecule has 1 aliphatic rings. The van der Waals surface area contributed by atoms with Gasteiger partial charge in [0.05, 0.1) is 5.52 Å². The van der Waals surface area contributed by atoms with Crippen LogP contribution >= 0.6 is 0 Å². The number of benzene rings is 2. The summed E-state index contributed by atoms with van der Waals surface area (Å²) in [5.74, 6) is 0.255. The summed E-state index contributed by atoms with van der Waals surface area (Å²) in [5.41, 5.74) is 5.47. The Bertz CT molecular complexity index is 1040. The number of nitrogens with one attached hydrogen (secondary N) is 1. The van der Waals surface area contributed by atoms with Gasteiger partial charge in [0, 0.05) is 42.6 Å². The molecule has 1 aliphatic heterocycles. The quantitative estimate of drug-likeness (QED) is 0.742. The topological polar surface area (TPSA) is 70.7 Å². The van der Waals surface area contributed by atoms with E-state index in [1.54, 1.807) is 4.68 Å². The molecule has 0 spiro atoms. The maximum atomic E-state index is 12.1. The number of aryl methyl sites for hydroxylation is 1. The molecule has 0 amide bonds. The molecule has 124 valence electrons. The van der Waals surface area contributed by atoms with Crippen LogP contribution in [0.1, 0.15) is 24.6 Å². The van der Waals surface area contributed by atoms with E-state index in [-0.39, 0.29) is 11.8 Å². The van der Waals surface area contributed by atoms with Gasteiger partial charge < -0.3 is 5.32 Å². The van der Waals surface area contributed by atoms with Crippen LogP contribution in [-0.2, 0) is 18.3 Å². The Hall–Kier alpha value is -3.13. The molecular weight excluding hydrogens is 312 g/mol. The number of hydrogen-bond acceptors (Lipinski definition) is 4. The molecule has 3 aromatic rings. The van der Waals surface area contributed by atoms with E-state index in [2.05, 4.69) is 22.6 Å². The normalized spacial score (nSPS) is 16.8. The number of para-hydroxylation sites is 1. The maximum absolute atomic E-state index is 12.1. The van der Waals surface area contributed by atoms with Gasteiger partial charge in [-0.3, -0.25) is 9.48 Å². The summed E-state index contributed by atoms with van der Waals surface area (Å²) in [7, 11) is 1.84. The summed E-state index contributed by atoms with van der Waals surface area (Å²) in [6, 6.07) is 14.3. The molecule has 5 nitrogen and oxygen atoms in total. The fourth-order valence-corrected chi connectivity index (χ4v) is 3.60. The molecule has 0 unspecified atom stereocenters. The minimum Gasteiger partial charge on any atom is -0.381 e. The van der Waals surface area contributed by atoms with E-state index < -0.39 is 0 Å². The standard InChI is InChI=1S/C20H18N4O/c1-12-8-15(25)9-14-4-3-5-16(20(14)22-12)13-6-7-19-17(10-13)18(11-21)23-24(19)2/h3-7,10,12,22H,8-9H2,1-2H3/t12-/m1/s1. The van der Waals surface area contributed by atoms with Gasteiger partial charge in [-0.1, -0.05) is 24.3 Å². The second-order valence-corrected chi connectivity index (χ2v) is 6.62. The van der Waals surface area contributed by atoms with Crippen LogP contribution in [0, 0.1) is 11.3 Å². The number of nitriles is 1. The lowest BCUT2D eigenvalue weighted by molar-refractivity contribution is -0.118. The molecule has 0 bridgehead atoms. The van der Waals surface area contributed by atoms with E-state index in [1.165, 1.54) is 0 Å². The maximum Gasteiger partial charge on any atom is 0.170 e. The lowest BCUT2D eigenvalue weighted by Gasteiger charge is -2.17. The minimum atomic E-state index is 0.103. The number of hydrogen-bond donors (Lipinski definition) is 1. The second kappa shape index (κ2) is 5.75. The lowest BCUT2D eigenvalue weighted by atomic mass is 9.97. The van der Waals surface area contributed by atoms with Crippen molar-refractivity contribution in [2.24, 2.45) is 7.05 Å². The van der Waals surface area contributed by atoms with Gasteiger partial charge in [-0.25, -0.2) is 0 Å². The molecule has 0 saturated carbocycles. The second-order valence-electron chi connectivity index (χ2n) is 6.62. The number of nitrogens with zero attached hydrogens (tertiary/aromatic N) is 3. The van der Waals surface area contributed by atoms with Crippen molar-refractivity contribution in [2.75, 3.05) is 5.32 Å². The molecule has 0 fully saturated rings. The van der Waals surface area contributed by atoms with E-state index in [1.807, 2.05) is 44.3 Å². The Labute approximate surface area is 145 Å². The smallest absolute Gasteiger partial charge is 0.170 e.